The topological polar surface area (TPSA) is 58.4 Å². The molecule has 1 aromatic carbocycles. The van der Waals surface area contributed by atoms with Crippen LogP contribution < -0.4 is 16.0 Å². The molecule has 4 nitrogen and oxygen atoms in total. The minimum absolute atomic E-state index is 0.00417. The Bertz CT molecular complexity index is 384. The van der Waals surface area contributed by atoms with Gasteiger partial charge < -0.3 is 11.1 Å². The van der Waals surface area contributed by atoms with Gasteiger partial charge in [0.25, 0.3) is 0 Å². The van der Waals surface area contributed by atoms with Crippen LogP contribution in [0.15, 0.2) is 24.3 Å². The molecule has 0 spiro atoms. The summed E-state index contributed by atoms with van der Waals surface area (Å²) in [4.78, 5) is 13.7. The van der Waals surface area contributed by atoms with Gasteiger partial charge in [0.15, 0.2) is 0 Å². The third-order valence-electron chi connectivity index (χ3n) is 2.95. The summed E-state index contributed by atoms with van der Waals surface area (Å²) in [5.41, 5.74) is 7.55. The first-order valence-electron chi connectivity index (χ1n) is 6.11. The van der Waals surface area contributed by atoms with E-state index >= 15 is 0 Å². The summed E-state index contributed by atoms with van der Waals surface area (Å²) in [6.45, 7) is 3.17. The van der Waals surface area contributed by atoms with E-state index in [1.54, 1.807) is 4.90 Å². The van der Waals surface area contributed by atoms with Crippen LogP contribution in [-0.4, -0.2) is 18.6 Å². The fourth-order valence-corrected chi connectivity index (χ4v) is 1.74. The van der Waals surface area contributed by atoms with E-state index in [0.717, 1.165) is 24.1 Å². The van der Waals surface area contributed by atoms with Crippen LogP contribution in [-0.2, 0) is 6.54 Å². The van der Waals surface area contributed by atoms with Crippen LogP contribution in [0.25, 0.3) is 0 Å². The number of nitrogens with two attached hydrogens (primary N) is 1. The van der Waals surface area contributed by atoms with Gasteiger partial charge in [0, 0.05) is 24.8 Å². The standard InChI is InChI=1S/C13H19N3O/c1-2-16(13(17)15-11-5-6-11)12-7-3-10(9-14)4-8-12/h3-4,7-8,11H,2,5-6,9,14H2,1H3,(H,15,17). The van der Waals surface area contributed by atoms with Crippen LogP contribution >= 0.6 is 0 Å². The van der Waals surface area contributed by atoms with Crippen LogP contribution in [0, 0.1) is 0 Å². The Balaban J connectivity index is 2.06. The van der Waals surface area contributed by atoms with Crippen molar-refractivity contribution >= 4 is 11.7 Å². The zero-order valence-electron chi connectivity index (χ0n) is 10.1. The molecule has 3 N–H and O–H groups in total. The Morgan fingerprint density at radius 3 is 2.53 bits per heavy atom. The summed E-state index contributed by atoms with van der Waals surface area (Å²) in [6, 6.07) is 8.19. The van der Waals surface area contributed by atoms with Crippen LogP contribution in [0.2, 0.25) is 0 Å². The van der Waals surface area contributed by atoms with E-state index in [2.05, 4.69) is 5.32 Å². The van der Waals surface area contributed by atoms with Crippen molar-refractivity contribution in [3.63, 3.8) is 0 Å². The van der Waals surface area contributed by atoms with Crippen LogP contribution in [0.5, 0.6) is 0 Å². The lowest BCUT2D eigenvalue weighted by Crippen LogP contribution is -2.41. The predicted molar refractivity (Wildman–Crippen MR) is 68.9 cm³/mol. The van der Waals surface area contributed by atoms with Gasteiger partial charge in [0.2, 0.25) is 0 Å². The third-order valence-corrected chi connectivity index (χ3v) is 2.95. The normalized spacial score (nSPS) is 14.5. The van der Waals surface area contributed by atoms with E-state index in [1.165, 1.54) is 0 Å². The Labute approximate surface area is 102 Å². The Morgan fingerprint density at radius 1 is 1.41 bits per heavy atom. The Hall–Kier alpha value is -1.55. The second kappa shape index (κ2) is 5.19. The van der Waals surface area contributed by atoms with E-state index in [1.807, 2.05) is 31.2 Å². The average Bonchev–Trinajstić information content (AvgIpc) is 3.15. The number of rotatable bonds is 4. The molecule has 17 heavy (non-hydrogen) atoms. The highest BCUT2D eigenvalue weighted by molar-refractivity contribution is 5.92. The number of carbonyl (C=O) groups excluding carboxylic acids is 1. The largest absolute Gasteiger partial charge is 0.335 e. The lowest BCUT2D eigenvalue weighted by atomic mass is 10.2. The number of nitrogens with zero attached hydrogens (tertiary/aromatic N) is 1. The quantitative estimate of drug-likeness (QED) is 0.833. The van der Waals surface area contributed by atoms with Gasteiger partial charge in [-0.25, -0.2) is 4.79 Å². The van der Waals surface area contributed by atoms with Gasteiger partial charge in [-0.05, 0) is 37.5 Å². The van der Waals surface area contributed by atoms with E-state index in [0.29, 0.717) is 19.1 Å². The molecule has 4 heteroatoms. The number of carbonyl (C=O) groups is 1. The van der Waals surface area contributed by atoms with Crippen molar-refractivity contribution < 1.29 is 4.79 Å². The van der Waals surface area contributed by atoms with E-state index in [-0.39, 0.29) is 6.03 Å². The molecule has 0 unspecified atom stereocenters. The smallest absolute Gasteiger partial charge is 0.322 e. The Kier molecular flexibility index (Phi) is 3.64. The lowest BCUT2D eigenvalue weighted by molar-refractivity contribution is 0.246. The zero-order valence-corrected chi connectivity index (χ0v) is 10.1. The van der Waals surface area contributed by atoms with Gasteiger partial charge in [0.1, 0.15) is 0 Å². The molecule has 0 aromatic heterocycles. The minimum atomic E-state index is -0.00417. The summed E-state index contributed by atoms with van der Waals surface area (Å²) in [7, 11) is 0. The molecule has 0 aliphatic heterocycles. The summed E-state index contributed by atoms with van der Waals surface area (Å²) in [5.74, 6) is 0. The molecule has 92 valence electrons. The molecule has 1 saturated carbocycles. The number of hydrogen-bond donors (Lipinski definition) is 2. The molecular weight excluding hydrogens is 214 g/mol. The van der Waals surface area contributed by atoms with Gasteiger partial charge in [-0.3, -0.25) is 4.90 Å². The maximum absolute atomic E-state index is 12.0. The number of hydrogen-bond acceptors (Lipinski definition) is 2. The highest BCUT2D eigenvalue weighted by Gasteiger charge is 2.25. The van der Waals surface area contributed by atoms with Gasteiger partial charge in [0.05, 0.1) is 0 Å². The first kappa shape index (κ1) is 11.9. The van der Waals surface area contributed by atoms with Crippen molar-refractivity contribution in [2.45, 2.75) is 32.4 Å². The molecule has 1 aromatic rings. The molecular formula is C13H19N3O. The minimum Gasteiger partial charge on any atom is -0.335 e. The summed E-state index contributed by atoms with van der Waals surface area (Å²) in [5, 5.41) is 2.99. The van der Waals surface area contributed by atoms with E-state index in [4.69, 9.17) is 5.73 Å². The predicted octanol–water partition coefficient (Wildman–Crippen LogP) is 1.84. The zero-order chi connectivity index (χ0) is 12.3. The molecule has 2 rings (SSSR count). The van der Waals surface area contributed by atoms with Crippen molar-refractivity contribution in [2.75, 3.05) is 11.4 Å². The molecule has 0 atom stereocenters. The molecule has 0 bridgehead atoms. The van der Waals surface area contributed by atoms with E-state index < -0.39 is 0 Å². The maximum atomic E-state index is 12.0. The molecule has 2 amide bonds. The lowest BCUT2D eigenvalue weighted by Gasteiger charge is -2.21. The number of benzene rings is 1. The molecule has 1 fully saturated rings. The number of nitrogens with one attached hydrogen (secondary N) is 1. The number of amides is 2. The first-order valence-corrected chi connectivity index (χ1v) is 6.11. The van der Waals surface area contributed by atoms with Crippen LogP contribution in [0.3, 0.4) is 0 Å². The number of urea groups is 1. The van der Waals surface area contributed by atoms with Crippen molar-refractivity contribution in [2.24, 2.45) is 5.73 Å². The highest BCUT2D eigenvalue weighted by atomic mass is 16.2. The SMILES string of the molecule is CCN(C(=O)NC1CC1)c1ccc(CN)cc1. The molecule has 0 heterocycles. The summed E-state index contributed by atoms with van der Waals surface area (Å²) >= 11 is 0. The van der Waals surface area contributed by atoms with Crippen molar-refractivity contribution in [1.29, 1.82) is 0 Å². The van der Waals surface area contributed by atoms with Gasteiger partial charge in [-0.1, -0.05) is 12.1 Å². The maximum Gasteiger partial charge on any atom is 0.322 e. The van der Waals surface area contributed by atoms with Crippen molar-refractivity contribution in [1.82, 2.24) is 5.32 Å². The summed E-state index contributed by atoms with van der Waals surface area (Å²) < 4.78 is 0. The van der Waals surface area contributed by atoms with Gasteiger partial charge in [-0.15, -0.1) is 0 Å². The molecule has 0 radical (unpaired) electrons. The van der Waals surface area contributed by atoms with Gasteiger partial charge in [-0.2, -0.15) is 0 Å². The Morgan fingerprint density at radius 2 is 2.06 bits per heavy atom. The van der Waals surface area contributed by atoms with Crippen LogP contribution in [0.4, 0.5) is 10.5 Å². The van der Waals surface area contributed by atoms with Crippen LogP contribution in [0.1, 0.15) is 25.3 Å². The monoisotopic (exact) mass is 233 g/mol. The number of anilines is 1. The molecule has 1 aliphatic rings. The van der Waals surface area contributed by atoms with Crippen molar-refractivity contribution in [3.8, 4) is 0 Å². The summed E-state index contributed by atoms with van der Waals surface area (Å²) in [6.07, 6.45) is 2.21. The highest BCUT2D eigenvalue weighted by Crippen LogP contribution is 2.21. The second-order valence-corrected chi connectivity index (χ2v) is 4.34. The third kappa shape index (κ3) is 2.97. The first-order chi connectivity index (χ1) is 8.24. The second-order valence-electron chi connectivity index (χ2n) is 4.34. The van der Waals surface area contributed by atoms with E-state index in [9.17, 15) is 4.79 Å². The molecule has 1 aliphatic carbocycles. The average molecular weight is 233 g/mol. The fourth-order valence-electron chi connectivity index (χ4n) is 1.74. The fraction of sp³-hybridized carbons (Fsp3) is 0.462. The molecule has 0 saturated heterocycles. The van der Waals surface area contributed by atoms with Gasteiger partial charge >= 0.3 is 6.03 Å². The van der Waals surface area contributed by atoms with Crippen molar-refractivity contribution in [3.05, 3.63) is 29.8 Å².